The highest BCUT2D eigenvalue weighted by Crippen LogP contribution is 2.32. The first-order valence-electron chi connectivity index (χ1n) is 9.43. The molecule has 158 valence electrons. The van der Waals surface area contributed by atoms with Gasteiger partial charge in [0.05, 0.1) is 31.5 Å². The number of urea groups is 1. The molecule has 0 bridgehead atoms. The molecule has 0 aliphatic carbocycles. The summed E-state index contributed by atoms with van der Waals surface area (Å²) in [5.41, 5.74) is 3.24. The van der Waals surface area contributed by atoms with Crippen molar-refractivity contribution in [3.8, 4) is 11.5 Å². The molecule has 3 N–H and O–H groups in total. The highest BCUT2D eigenvalue weighted by Gasteiger charge is 2.31. The molecule has 3 amide bonds. The molecule has 3 rings (SSSR count). The summed E-state index contributed by atoms with van der Waals surface area (Å²) in [7, 11) is 6.98. The first-order valence-corrected chi connectivity index (χ1v) is 9.43. The van der Waals surface area contributed by atoms with Gasteiger partial charge in [-0.3, -0.25) is 4.79 Å². The van der Waals surface area contributed by atoms with Crippen LogP contribution in [-0.2, 0) is 4.79 Å². The number of rotatable bonds is 6. The minimum absolute atomic E-state index is 0.342. The van der Waals surface area contributed by atoms with Gasteiger partial charge < -0.3 is 30.3 Å². The van der Waals surface area contributed by atoms with E-state index in [9.17, 15) is 9.59 Å². The molecule has 1 aliphatic rings. The lowest BCUT2D eigenvalue weighted by Gasteiger charge is -2.29. The monoisotopic (exact) mass is 410 g/mol. The standard InChI is InChI=1S/C22H26N4O4/c1-13-19(21(27)24-17-11-10-16(29-4)12-18(17)30-5)20(25-22(28)23-13)14-6-8-15(9-7-14)26(2)3/h6-12,20H,1-5H3,(H,24,27)(H2,23,25,28). The molecule has 8 nitrogen and oxygen atoms in total. The summed E-state index contributed by atoms with van der Waals surface area (Å²) in [6, 6.07) is 11.9. The topological polar surface area (TPSA) is 91.9 Å². The number of hydrogen-bond acceptors (Lipinski definition) is 5. The molecule has 2 aromatic rings. The largest absolute Gasteiger partial charge is 0.497 e. The molecule has 1 atom stereocenters. The number of nitrogens with one attached hydrogen (secondary N) is 3. The van der Waals surface area contributed by atoms with E-state index in [1.54, 1.807) is 32.2 Å². The van der Waals surface area contributed by atoms with Gasteiger partial charge in [0.25, 0.3) is 5.91 Å². The molecule has 1 unspecified atom stereocenters. The minimum Gasteiger partial charge on any atom is -0.497 e. The summed E-state index contributed by atoms with van der Waals surface area (Å²) in [4.78, 5) is 27.3. The fourth-order valence-electron chi connectivity index (χ4n) is 3.30. The van der Waals surface area contributed by atoms with Gasteiger partial charge in [-0.15, -0.1) is 0 Å². The van der Waals surface area contributed by atoms with Crippen LogP contribution in [-0.4, -0.2) is 40.3 Å². The van der Waals surface area contributed by atoms with Gasteiger partial charge in [-0.2, -0.15) is 0 Å². The Morgan fingerprint density at radius 3 is 2.37 bits per heavy atom. The third kappa shape index (κ3) is 4.32. The summed E-state index contributed by atoms with van der Waals surface area (Å²) in [5, 5.41) is 8.40. The van der Waals surface area contributed by atoms with Gasteiger partial charge in [0.2, 0.25) is 0 Å². The quantitative estimate of drug-likeness (QED) is 0.681. The molecule has 1 aliphatic heterocycles. The predicted molar refractivity (Wildman–Crippen MR) is 116 cm³/mol. The number of allylic oxidation sites excluding steroid dienone is 1. The van der Waals surface area contributed by atoms with Crippen LogP contribution in [0.5, 0.6) is 11.5 Å². The van der Waals surface area contributed by atoms with Crippen LogP contribution in [0.4, 0.5) is 16.2 Å². The predicted octanol–water partition coefficient (Wildman–Crippen LogP) is 3.04. The highest BCUT2D eigenvalue weighted by atomic mass is 16.5. The Balaban J connectivity index is 1.93. The van der Waals surface area contributed by atoms with Crippen LogP contribution in [0.25, 0.3) is 0 Å². The average molecular weight is 410 g/mol. The lowest BCUT2D eigenvalue weighted by molar-refractivity contribution is -0.113. The summed E-state index contributed by atoms with van der Waals surface area (Å²) < 4.78 is 10.6. The number of methoxy groups -OCH3 is 2. The summed E-state index contributed by atoms with van der Waals surface area (Å²) in [6.45, 7) is 1.71. The van der Waals surface area contributed by atoms with E-state index < -0.39 is 6.04 Å². The van der Waals surface area contributed by atoms with Gasteiger partial charge in [0.1, 0.15) is 11.5 Å². The van der Waals surface area contributed by atoms with Crippen molar-refractivity contribution in [2.45, 2.75) is 13.0 Å². The van der Waals surface area contributed by atoms with Gasteiger partial charge in [-0.25, -0.2) is 4.79 Å². The Kier molecular flexibility index (Phi) is 6.15. The van der Waals surface area contributed by atoms with Gasteiger partial charge in [0.15, 0.2) is 0 Å². The van der Waals surface area contributed by atoms with E-state index in [0.29, 0.717) is 28.5 Å². The number of amides is 3. The van der Waals surface area contributed by atoms with Crippen molar-refractivity contribution in [3.63, 3.8) is 0 Å². The Hall–Kier alpha value is -3.68. The second-order valence-corrected chi connectivity index (χ2v) is 7.08. The molecule has 0 saturated heterocycles. The zero-order valence-electron chi connectivity index (χ0n) is 17.7. The first-order chi connectivity index (χ1) is 14.3. The van der Waals surface area contributed by atoms with Gasteiger partial charge in [-0.05, 0) is 36.8 Å². The van der Waals surface area contributed by atoms with Gasteiger partial charge >= 0.3 is 6.03 Å². The normalized spacial score (nSPS) is 15.8. The molecule has 1 heterocycles. The zero-order chi connectivity index (χ0) is 21.8. The first kappa shape index (κ1) is 21.0. The molecule has 2 aromatic carbocycles. The van der Waals surface area contributed by atoms with E-state index in [1.165, 1.54) is 7.11 Å². The lowest BCUT2D eigenvalue weighted by Crippen LogP contribution is -2.46. The molecule has 30 heavy (non-hydrogen) atoms. The van der Waals surface area contributed by atoms with Crippen LogP contribution in [0.2, 0.25) is 0 Å². The van der Waals surface area contributed by atoms with Crippen molar-refractivity contribution in [1.29, 1.82) is 0 Å². The van der Waals surface area contributed by atoms with E-state index in [0.717, 1.165) is 11.3 Å². The van der Waals surface area contributed by atoms with Crippen LogP contribution >= 0.6 is 0 Å². The van der Waals surface area contributed by atoms with Crippen LogP contribution in [0.15, 0.2) is 53.7 Å². The number of carbonyl (C=O) groups is 2. The lowest BCUT2D eigenvalue weighted by atomic mass is 9.94. The van der Waals surface area contributed by atoms with E-state index in [1.807, 2.05) is 43.3 Å². The Morgan fingerprint density at radius 1 is 1.07 bits per heavy atom. The maximum Gasteiger partial charge on any atom is 0.319 e. The Bertz CT molecular complexity index is 983. The molecule has 0 aromatic heterocycles. The average Bonchev–Trinajstić information content (AvgIpc) is 2.73. The van der Waals surface area contributed by atoms with Crippen molar-refractivity contribution < 1.29 is 19.1 Å². The van der Waals surface area contributed by atoms with Crippen molar-refractivity contribution in [2.24, 2.45) is 0 Å². The number of nitrogens with zero attached hydrogens (tertiary/aromatic N) is 1. The van der Waals surface area contributed by atoms with Crippen molar-refractivity contribution in [2.75, 3.05) is 38.5 Å². The smallest absolute Gasteiger partial charge is 0.319 e. The summed E-state index contributed by atoms with van der Waals surface area (Å²) in [5.74, 6) is 0.747. The minimum atomic E-state index is -0.584. The molecule has 8 heteroatoms. The molecule has 0 radical (unpaired) electrons. The van der Waals surface area contributed by atoms with E-state index in [4.69, 9.17) is 9.47 Å². The Morgan fingerprint density at radius 2 is 1.77 bits per heavy atom. The molecule has 0 saturated carbocycles. The van der Waals surface area contributed by atoms with E-state index in [-0.39, 0.29) is 11.9 Å². The van der Waals surface area contributed by atoms with Crippen molar-refractivity contribution in [3.05, 3.63) is 59.3 Å². The number of hydrogen-bond donors (Lipinski definition) is 3. The zero-order valence-corrected chi connectivity index (χ0v) is 17.7. The maximum atomic E-state index is 13.2. The van der Waals surface area contributed by atoms with Crippen LogP contribution in [0.1, 0.15) is 18.5 Å². The molecule has 0 fully saturated rings. The second kappa shape index (κ2) is 8.77. The van der Waals surface area contributed by atoms with Crippen molar-refractivity contribution >= 4 is 23.3 Å². The van der Waals surface area contributed by atoms with Gasteiger partial charge in [-0.1, -0.05) is 12.1 Å². The summed E-state index contributed by atoms with van der Waals surface area (Å²) in [6.07, 6.45) is 0. The third-order valence-electron chi connectivity index (χ3n) is 4.91. The number of ether oxygens (including phenoxy) is 2. The maximum absolute atomic E-state index is 13.2. The van der Waals surface area contributed by atoms with Crippen LogP contribution in [0, 0.1) is 0 Å². The second-order valence-electron chi connectivity index (χ2n) is 7.08. The molecule has 0 spiro atoms. The van der Waals surface area contributed by atoms with Crippen LogP contribution < -0.4 is 30.3 Å². The number of benzene rings is 2. The number of carbonyl (C=O) groups excluding carboxylic acids is 2. The third-order valence-corrected chi connectivity index (χ3v) is 4.91. The van der Waals surface area contributed by atoms with Gasteiger partial charge in [0, 0.05) is 31.5 Å². The fraction of sp³-hybridized carbons (Fsp3) is 0.273. The highest BCUT2D eigenvalue weighted by molar-refractivity contribution is 6.07. The SMILES string of the molecule is COc1ccc(NC(=O)C2=C(C)NC(=O)NC2c2ccc(N(C)C)cc2)c(OC)c1. The van der Waals surface area contributed by atoms with Crippen LogP contribution in [0.3, 0.4) is 0 Å². The van der Waals surface area contributed by atoms with E-state index in [2.05, 4.69) is 16.0 Å². The van der Waals surface area contributed by atoms with Crippen molar-refractivity contribution in [1.82, 2.24) is 10.6 Å². The number of anilines is 2. The fourth-order valence-corrected chi connectivity index (χ4v) is 3.30. The van der Waals surface area contributed by atoms with E-state index >= 15 is 0 Å². The molecular formula is C22H26N4O4. The molecular weight excluding hydrogens is 384 g/mol. The Labute approximate surface area is 175 Å². The summed E-state index contributed by atoms with van der Waals surface area (Å²) >= 11 is 0.